The van der Waals surface area contributed by atoms with Crippen LogP contribution in [-0.2, 0) is 10.2 Å². The highest BCUT2D eigenvalue weighted by Crippen LogP contribution is 2.26. The molecule has 1 N–H and O–H groups in total. The third-order valence-electron chi connectivity index (χ3n) is 2.62. The molecule has 0 bridgehead atoms. The first-order valence-corrected chi connectivity index (χ1v) is 5.84. The Morgan fingerprint density at radius 3 is 2.53 bits per heavy atom. The molecule has 94 valence electrons. The topological polar surface area (TPSA) is 46.5 Å². The fourth-order valence-corrected chi connectivity index (χ4v) is 1.51. The van der Waals surface area contributed by atoms with E-state index in [-0.39, 0.29) is 5.41 Å². The first-order chi connectivity index (χ1) is 7.84. The summed E-state index contributed by atoms with van der Waals surface area (Å²) in [7, 11) is 0. The van der Waals surface area contributed by atoms with Gasteiger partial charge in [-0.15, -0.1) is 0 Å². The van der Waals surface area contributed by atoms with Crippen molar-refractivity contribution in [2.75, 3.05) is 0 Å². The standard InChI is InChI=1S/C14H20O3/c1-5-12(13(15)16)17-11-8-6-7-10(9-11)14(2,3)4/h6-9,12H,5H2,1-4H3,(H,15,16). The number of carbonyl (C=O) groups is 1. The Labute approximate surface area is 102 Å². The molecule has 0 fully saturated rings. The first-order valence-electron chi connectivity index (χ1n) is 5.84. The van der Waals surface area contributed by atoms with Crippen LogP contribution in [0.25, 0.3) is 0 Å². The summed E-state index contributed by atoms with van der Waals surface area (Å²) in [6, 6.07) is 7.62. The lowest BCUT2D eigenvalue weighted by molar-refractivity contribution is -0.145. The van der Waals surface area contributed by atoms with E-state index in [9.17, 15) is 4.79 Å². The van der Waals surface area contributed by atoms with E-state index < -0.39 is 12.1 Å². The van der Waals surface area contributed by atoms with Gasteiger partial charge in [0, 0.05) is 0 Å². The van der Waals surface area contributed by atoms with Crippen LogP contribution < -0.4 is 4.74 Å². The molecule has 0 saturated carbocycles. The monoisotopic (exact) mass is 236 g/mol. The molecule has 0 radical (unpaired) electrons. The number of carboxylic acid groups (broad SMARTS) is 1. The van der Waals surface area contributed by atoms with E-state index in [0.717, 1.165) is 5.56 Å². The molecule has 1 aromatic rings. The summed E-state index contributed by atoms with van der Waals surface area (Å²) in [5, 5.41) is 8.94. The third-order valence-corrected chi connectivity index (χ3v) is 2.62. The van der Waals surface area contributed by atoms with Gasteiger partial charge in [-0.05, 0) is 29.5 Å². The molecule has 1 unspecified atom stereocenters. The van der Waals surface area contributed by atoms with Crippen LogP contribution in [0.2, 0.25) is 0 Å². The second kappa shape index (κ2) is 5.21. The van der Waals surface area contributed by atoms with E-state index >= 15 is 0 Å². The highest BCUT2D eigenvalue weighted by atomic mass is 16.5. The van der Waals surface area contributed by atoms with E-state index in [4.69, 9.17) is 9.84 Å². The van der Waals surface area contributed by atoms with Gasteiger partial charge in [0.1, 0.15) is 5.75 Å². The van der Waals surface area contributed by atoms with Crippen molar-refractivity contribution in [3.05, 3.63) is 29.8 Å². The lowest BCUT2D eigenvalue weighted by Crippen LogP contribution is -2.26. The summed E-state index contributed by atoms with van der Waals surface area (Å²) >= 11 is 0. The van der Waals surface area contributed by atoms with Crippen LogP contribution in [0, 0.1) is 0 Å². The van der Waals surface area contributed by atoms with E-state index in [1.807, 2.05) is 18.2 Å². The molecule has 3 heteroatoms. The summed E-state index contributed by atoms with van der Waals surface area (Å²) < 4.78 is 5.46. The Kier molecular flexibility index (Phi) is 4.16. The van der Waals surface area contributed by atoms with E-state index in [1.165, 1.54) is 0 Å². The second-order valence-corrected chi connectivity index (χ2v) is 5.13. The largest absolute Gasteiger partial charge is 0.479 e. The highest BCUT2D eigenvalue weighted by Gasteiger charge is 2.18. The molecule has 0 saturated heterocycles. The zero-order chi connectivity index (χ0) is 13.1. The SMILES string of the molecule is CCC(Oc1cccc(C(C)(C)C)c1)C(=O)O. The molecular weight excluding hydrogens is 216 g/mol. The number of rotatable bonds is 4. The van der Waals surface area contributed by atoms with Crippen molar-refractivity contribution >= 4 is 5.97 Å². The number of hydrogen-bond acceptors (Lipinski definition) is 2. The molecule has 1 atom stereocenters. The zero-order valence-corrected chi connectivity index (χ0v) is 10.9. The van der Waals surface area contributed by atoms with Crippen molar-refractivity contribution < 1.29 is 14.6 Å². The minimum absolute atomic E-state index is 0.0320. The summed E-state index contributed by atoms with van der Waals surface area (Å²) in [4.78, 5) is 10.9. The average molecular weight is 236 g/mol. The molecule has 3 nitrogen and oxygen atoms in total. The highest BCUT2D eigenvalue weighted by molar-refractivity contribution is 5.72. The number of benzene rings is 1. The molecule has 0 amide bonds. The van der Waals surface area contributed by atoms with Crippen LogP contribution in [0.5, 0.6) is 5.75 Å². The van der Waals surface area contributed by atoms with Crippen molar-refractivity contribution in [1.82, 2.24) is 0 Å². The molecule has 1 rings (SSSR count). The van der Waals surface area contributed by atoms with Crippen LogP contribution in [-0.4, -0.2) is 17.2 Å². The van der Waals surface area contributed by atoms with Crippen LogP contribution in [0.1, 0.15) is 39.7 Å². The van der Waals surface area contributed by atoms with Crippen molar-refractivity contribution in [3.8, 4) is 5.75 Å². The maximum Gasteiger partial charge on any atom is 0.344 e. The molecule has 0 aliphatic carbocycles. The Hall–Kier alpha value is -1.51. The number of hydrogen-bond donors (Lipinski definition) is 1. The van der Waals surface area contributed by atoms with Crippen molar-refractivity contribution in [2.24, 2.45) is 0 Å². The predicted molar refractivity (Wildman–Crippen MR) is 67.5 cm³/mol. The van der Waals surface area contributed by atoms with Gasteiger partial charge in [-0.3, -0.25) is 0 Å². The number of ether oxygens (including phenoxy) is 1. The van der Waals surface area contributed by atoms with Gasteiger partial charge >= 0.3 is 5.97 Å². The van der Waals surface area contributed by atoms with Crippen molar-refractivity contribution in [2.45, 2.75) is 45.6 Å². The maximum absolute atomic E-state index is 10.9. The van der Waals surface area contributed by atoms with Crippen LogP contribution in [0.15, 0.2) is 24.3 Å². The maximum atomic E-state index is 10.9. The number of aliphatic carboxylic acids is 1. The van der Waals surface area contributed by atoms with Crippen molar-refractivity contribution in [3.63, 3.8) is 0 Å². The van der Waals surface area contributed by atoms with E-state index in [0.29, 0.717) is 12.2 Å². The summed E-state index contributed by atoms with van der Waals surface area (Å²) in [6.07, 6.45) is -0.319. The fourth-order valence-electron chi connectivity index (χ4n) is 1.51. The van der Waals surface area contributed by atoms with Crippen LogP contribution in [0.4, 0.5) is 0 Å². The lowest BCUT2D eigenvalue weighted by atomic mass is 9.87. The Bertz CT molecular complexity index is 391. The van der Waals surface area contributed by atoms with Crippen LogP contribution >= 0.6 is 0 Å². The van der Waals surface area contributed by atoms with Crippen molar-refractivity contribution in [1.29, 1.82) is 0 Å². The molecule has 0 aromatic heterocycles. The normalized spacial score (nSPS) is 13.2. The molecule has 0 aliphatic heterocycles. The van der Waals surface area contributed by atoms with Gasteiger partial charge in [-0.1, -0.05) is 39.8 Å². The Balaban J connectivity index is 2.89. The lowest BCUT2D eigenvalue weighted by Gasteiger charge is -2.20. The van der Waals surface area contributed by atoms with E-state index in [2.05, 4.69) is 20.8 Å². The van der Waals surface area contributed by atoms with Gasteiger partial charge in [0.2, 0.25) is 0 Å². The summed E-state index contributed by atoms with van der Waals surface area (Å²) in [6.45, 7) is 8.13. The van der Waals surface area contributed by atoms with Gasteiger partial charge in [0.25, 0.3) is 0 Å². The zero-order valence-electron chi connectivity index (χ0n) is 10.9. The minimum atomic E-state index is -0.923. The number of carboxylic acids is 1. The molecular formula is C14H20O3. The quantitative estimate of drug-likeness (QED) is 0.873. The second-order valence-electron chi connectivity index (χ2n) is 5.13. The molecule has 1 aromatic carbocycles. The van der Waals surface area contributed by atoms with Gasteiger partial charge in [-0.25, -0.2) is 4.79 Å². The Morgan fingerprint density at radius 1 is 1.41 bits per heavy atom. The smallest absolute Gasteiger partial charge is 0.344 e. The van der Waals surface area contributed by atoms with Crippen LogP contribution in [0.3, 0.4) is 0 Å². The minimum Gasteiger partial charge on any atom is -0.479 e. The average Bonchev–Trinajstić information content (AvgIpc) is 2.24. The predicted octanol–water partition coefficient (Wildman–Crippen LogP) is 3.23. The van der Waals surface area contributed by atoms with E-state index in [1.54, 1.807) is 13.0 Å². The third kappa shape index (κ3) is 3.77. The molecule has 0 aliphatic rings. The molecule has 17 heavy (non-hydrogen) atoms. The Morgan fingerprint density at radius 2 is 2.06 bits per heavy atom. The first kappa shape index (κ1) is 13.6. The van der Waals surface area contributed by atoms with Gasteiger partial charge in [0.15, 0.2) is 6.10 Å². The van der Waals surface area contributed by atoms with Gasteiger partial charge in [-0.2, -0.15) is 0 Å². The molecule has 0 spiro atoms. The summed E-state index contributed by atoms with van der Waals surface area (Å²) in [5.74, 6) is -0.305. The molecule has 0 heterocycles. The van der Waals surface area contributed by atoms with Gasteiger partial charge < -0.3 is 9.84 Å². The summed E-state index contributed by atoms with van der Waals surface area (Å²) in [5.41, 5.74) is 1.17. The fraction of sp³-hybridized carbons (Fsp3) is 0.500. The van der Waals surface area contributed by atoms with Gasteiger partial charge in [0.05, 0.1) is 0 Å².